The molecule has 0 bridgehead atoms. The van der Waals surface area contributed by atoms with Crippen LogP contribution in [0.1, 0.15) is 18.9 Å². The summed E-state index contributed by atoms with van der Waals surface area (Å²) in [4.78, 5) is 5.03. The molecule has 1 aliphatic rings. The zero-order valence-corrected chi connectivity index (χ0v) is 12.1. The zero-order valence-electron chi connectivity index (χ0n) is 12.1. The van der Waals surface area contributed by atoms with Crippen LogP contribution in [0, 0.1) is 0 Å². The molecule has 0 amide bonds. The largest absolute Gasteiger partial charge is 0.495 e. The van der Waals surface area contributed by atoms with Gasteiger partial charge < -0.3 is 15.4 Å². The van der Waals surface area contributed by atoms with Crippen molar-refractivity contribution in [2.75, 3.05) is 45.6 Å². The number of rotatable bonds is 5. The van der Waals surface area contributed by atoms with Crippen molar-refractivity contribution in [2.24, 2.45) is 0 Å². The van der Waals surface area contributed by atoms with E-state index in [1.807, 2.05) is 12.1 Å². The normalized spacial score (nSPS) is 17.6. The summed E-state index contributed by atoms with van der Waals surface area (Å²) in [5.74, 6) is 0.761. The minimum absolute atomic E-state index is 0.726. The number of benzene rings is 1. The Kier molecular flexibility index (Phi) is 5.05. The maximum Gasteiger partial charge on any atom is 0.141 e. The van der Waals surface area contributed by atoms with Gasteiger partial charge in [-0.15, -0.1) is 0 Å². The van der Waals surface area contributed by atoms with Gasteiger partial charge in [-0.2, -0.15) is 0 Å². The van der Waals surface area contributed by atoms with Gasteiger partial charge in [-0.1, -0.05) is 13.0 Å². The van der Waals surface area contributed by atoms with Gasteiger partial charge in [0.15, 0.2) is 0 Å². The molecule has 0 aliphatic carbocycles. The van der Waals surface area contributed by atoms with Crippen LogP contribution in [-0.4, -0.2) is 49.6 Å². The van der Waals surface area contributed by atoms with Crippen molar-refractivity contribution in [3.63, 3.8) is 0 Å². The second kappa shape index (κ2) is 6.78. The van der Waals surface area contributed by atoms with Crippen LogP contribution >= 0.6 is 0 Å². The van der Waals surface area contributed by atoms with Gasteiger partial charge in [-0.05, 0) is 30.7 Å². The molecule has 0 radical (unpaired) electrons. The summed E-state index contributed by atoms with van der Waals surface area (Å²) in [6.07, 6.45) is 1.25. The summed E-state index contributed by atoms with van der Waals surface area (Å²) in [5, 5.41) is 0. The molecule has 1 aliphatic heterocycles. The van der Waals surface area contributed by atoms with E-state index in [0.29, 0.717) is 0 Å². The minimum Gasteiger partial charge on any atom is -0.495 e. The molecule has 0 atom stereocenters. The van der Waals surface area contributed by atoms with Crippen molar-refractivity contribution in [3.05, 3.63) is 23.8 Å². The molecule has 106 valence electrons. The highest BCUT2D eigenvalue weighted by Gasteiger charge is 2.16. The SMILES string of the molecule is CCCN1CCN(Cc2ccc(OC)c(N)c2)CC1. The Morgan fingerprint density at radius 3 is 2.42 bits per heavy atom. The molecule has 19 heavy (non-hydrogen) atoms. The number of nitrogens with two attached hydrogens (primary N) is 1. The average Bonchev–Trinajstić information content (AvgIpc) is 2.42. The molecule has 0 unspecified atom stereocenters. The van der Waals surface area contributed by atoms with E-state index >= 15 is 0 Å². The topological polar surface area (TPSA) is 41.7 Å². The Labute approximate surface area is 116 Å². The Balaban J connectivity index is 1.87. The number of hydrogen-bond acceptors (Lipinski definition) is 4. The van der Waals surface area contributed by atoms with Crippen LogP contribution in [0.3, 0.4) is 0 Å². The van der Waals surface area contributed by atoms with Crippen molar-refractivity contribution in [2.45, 2.75) is 19.9 Å². The Bertz CT molecular complexity index is 400. The van der Waals surface area contributed by atoms with Gasteiger partial charge in [0.2, 0.25) is 0 Å². The van der Waals surface area contributed by atoms with Gasteiger partial charge in [0.25, 0.3) is 0 Å². The molecule has 0 saturated carbocycles. The van der Waals surface area contributed by atoms with Gasteiger partial charge in [-0.25, -0.2) is 0 Å². The number of methoxy groups -OCH3 is 1. The lowest BCUT2D eigenvalue weighted by Gasteiger charge is -2.34. The fourth-order valence-corrected chi connectivity index (χ4v) is 2.63. The molecule has 1 aromatic carbocycles. The number of anilines is 1. The highest BCUT2D eigenvalue weighted by atomic mass is 16.5. The first-order valence-corrected chi connectivity index (χ1v) is 7.10. The van der Waals surface area contributed by atoms with E-state index in [0.717, 1.165) is 31.1 Å². The Morgan fingerprint density at radius 2 is 1.84 bits per heavy atom. The first kappa shape index (κ1) is 14.2. The van der Waals surface area contributed by atoms with E-state index in [4.69, 9.17) is 10.5 Å². The number of nitrogens with zero attached hydrogens (tertiary/aromatic N) is 2. The molecule has 1 aromatic rings. The summed E-state index contributed by atoms with van der Waals surface area (Å²) in [7, 11) is 1.65. The van der Waals surface area contributed by atoms with Crippen molar-refractivity contribution in [1.82, 2.24) is 9.80 Å². The fourth-order valence-electron chi connectivity index (χ4n) is 2.63. The summed E-state index contributed by atoms with van der Waals surface area (Å²) in [6, 6.07) is 6.09. The van der Waals surface area contributed by atoms with Crippen molar-refractivity contribution >= 4 is 5.69 Å². The molecular weight excluding hydrogens is 238 g/mol. The average molecular weight is 263 g/mol. The molecule has 2 rings (SSSR count). The van der Waals surface area contributed by atoms with E-state index in [2.05, 4.69) is 22.8 Å². The molecule has 2 N–H and O–H groups in total. The molecule has 1 fully saturated rings. The van der Waals surface area contributed by atoms with E-state index in [1.54, 1.807) is 7.11 Å². The maximum atomic E-state index is 5.95. The van der Waals surface area contributed by atoms with Crippen LogP contribution in [0.15, 0.2) is 18.2 Å². The second-order valence-electron chi connectivity index (χ2n) is 5.19. The lowest BCUT2D eigenvalue weighted by molar-refractivity contribution is 0.127. The molecule has 0 aromatic heterocycles. The first-order chi connectivity index (χ1) is 9.22. The molecule has 4 nitrogen and oxygen atoms in total. The van der Waals surface area contributed by atoms with Gasteiger partial charge in [0.05, 0.1) is 12.8 Å². The molecule has 1 heterocycles. The first-order valence-electron chi connectivity index (χ1n) is 7.10. The quantitative estimate of drug-likeness (QED) is 0.823. The number of hydrogen-bond donors (Lipinski definition) is 1. The van der Waals surface area contributed by atoms with Crippen molar-refractivity contribution < 1.29 is 4.74 Å². The lowest BCUT2D eigenvalue weighted by atomic mass is 10.1. The van der Waals surface area contributed by atoms with Gasteiger partial charge in [-0.3, -0.25) is 4.90 Å². The molecule has 0 spiro atoms. The Morgan fingerprint density at radius 1 is 1.16 bits per heavy atom. The highest BCUT2D eigenvalue weighted by Crippen LogP contribution is 2.22. The van der Waals surface area contributed by atoms with E-state index in [1.165, 1.54) is 31.6 Å². The standard InChI is InChI=1S/C15H25N3O/c1-3-6-17-7-9-18(10-8-17)12-13-4-5-15(19-2)14(16)11-13/h4-5,11H,3,6-10,12,16H2,1-2H3. The van der Waals surface area contributed by atoms with Gasteiger partial charge in [0, 0.05) is 32.7 Å². The smallest absolute Gasteiger partial charge is 0.141 e. The van der Waals surface area contributed by atoms with E-state index in [-0.39, 0.29) is 0 Å². The predicted octanol–water partition coefficient (Wildman–Crippen LogP) is 1.80. The third-order valence-corrected chi connectivity index (χ3v) is 3.71. The summed E-state index contributed by atoms with van der Waals surface area (Å²) in [5.41, 5.74) is 7.94. The predicted molar refractivity (Wildman–Crippen MR) is 79.4 cm³/mol. The van der Waals surface area contributed by atoms with Crippen LogP contribution in [0.25, 0.3) is 0 Å². The monoisotopic (exact) mass is 263 g/mol. The van der Waals surface area contributed by atoms with Crippen LogP contribution in [0.5, 0.6) is 5.75 Å². The van der Waals surface area contributed by atoms with Crippen LogP contribution in [0.2, 0.25) is 0 Å². The minimum atomic E-state index is 0.726. The summed E-state index contributed by atoms with van der Waals surface area (Å²) in [6.45, 7) is 9.10. The third kappa shape index (κ3) is 3.85. The van der Waals surface area contributed by atoms with Crippen molar-refractivity contribution in [3.8, 4) is 5.75 Å². The molecule has 4 heteroatoms. The van der Waals surface area contributed by atoms with Crippen LogP contribution in [-0.2, 0) is 6.54 Å². The number of nitrogen functional groups attached to an aromatic ring is 1. The van der Waals surface area contributed by atoms with Crippen LogP contribution < -0.4 is 10.5 Å². The fraction of sp³-hybridized carbons (Fsp3) is 0.600. The number of ether oxygens (including phenoxy) is 1. The van der Waals surface area contributed by atoms with Crippen molar-refractivity contribution in [1.29, 1.82) is 0 Å². The third-order valence-electron chi connectivity index (χ3n) is 3.71. The highest BCUT2D eigenvalue weighted by molar-refractivity contribution is 5.54. The molecule has 1 saturated heterocycles. The summed E-state index contributed by atoms with van der Waals surface area (Å²) >= 11 is 0. The van der Waals surface area contributed by atoms with Gasteiger partial charge >= 0.3 is 0 Å². The van der Waals surface area contributed by atoms with Gasteiger partial charge in [0.1, 0.15) is 5.75 Å². The zero-order chi connectivity index (χ0) is 13.7. The lowest BCUT2D eigenvalue weighted by Crippen LogP contribution is -2.45. The van der Waals surface area contributed by atoms with E-state index < -0.39 is 0 Å². The maximum absolute atomic E-state index is 5.95. The van der Waals surface area contributed by atoms with E-state index in [9.17, 15) is 0 Å². The number of piperazine rings is 1. The summed E-state index contributed by atoms with van der Waals surface area (Å²) < 4.78 is 5.19. The Hall–Kier alpha value is -1.26. The molecular formula is C15H25N3O. The second-order valence-corrected chi connectivity index (χ2v) is 5.19. The van der Waals surface area contributed by atoms with Crippen LogP contribution in [0.4, 0.5) is 5.69 Å².